The van der Waals surface area contributed by atoms with Crippen molar-refractivity contribution in [3.05, 3.63) is 35.6 Å². The fourth-order valence-electron chi connectivity index (χ4n) is 6.02. The molecular weight excluding hydrogens is 352 g/mol. The summed E-state index contributed by atoms with van der Waals surface area (Å²) in [5, 5.41) is 0. The van der Waals surface area contributed by atoms with Gasteiger partial charge in [-0.3, -0.25) is 4.79 Å². The third-order valence-corrected chi connectivity index (χ3v) is 7.47. The van der Waals surface area contributed by atoms with Gasteiger partial charge in [0.15, 0.2) is 11.4 Å². The molecule has 1 aliphatic heterocycles. The highest BCUT2D eigenvalue weighted by atomic mass is 16.6. The Morgan fingerprint density at radius 3 is 2.64 bits per heavy atom. The average Bonchev–Trinajstić information content (AvgIpc) is 3.36. The standard InChI is InChI=1S/C24H32O4/c1-8-15(4)21(26)27-17-9-13(2)10-23-11-14(3)12-24(23,28-23)20(25)16(5)18-19(17)22(18,6)7/h8,10-11,14,16-17,19H,9,12H2,1-7H3/b13-10+,15-8+/t14-,16?,17?,19?,23+,24-/m0/s1. The van der Waals surface area contributed by atoms with Crippen LogP contribution in [-0.4, -0.2) is 29.1 Å². The maximum Gasteiger partial charge on any atom is 0.333 e. The van der Waals surface area contributed by atoms with Crippen LogP contribution in [0, 0.1) is 35.5 Å². The third kappa shape index (κ3) is 2.59. The van der Waals surface area contributed by atoms with Crippen molar-refractivity contribution in [2.75, 3.05) is 0 Å². The smallest absolute Gasteiger partial charge is 0.333 e. The van der Waals surface area contributed by atoms with E-state index in [1.54, 1.807) is 13.0 Å². The van der Waals surface area contributed by atoms with Gasteiger partial charge in [-0.05, 0) is 44.4 Å². The molecule has 3 unspecified atom stereocenters. The van der Waals surface area contributed by atoms with Crippen molar-refractivity contribution < 1.29 is 19.1 Å². The Bertz CT molecular complexity index is 790. The summed E-state index contributed by atoms with van der Waals surface area (Å²) in [6, 6.07) is 0. The summed E-state index contributed by atoms with van der Waals surface area (Å²) in [7, 11) is 0. The number of ether oxygens (including phenoxy) is 2. The lowest BCUT2D eigenvalue weighted by molar-refractivity contribution is -0.145. The molecule has 4 nitrogen and oxygen atoms in total. The zero-order valence-electron chi connectivity index (χ0n) is 18.1. The van der Waals surface area contributed by atoms with Crippen LogP contribution in [0.4, 0.5) is 0 Å². The molecule has 0 N–H and O–H groups in total. The fraction of sp³-hybridized carbons (Fsp3) is 0.667. The molecule has 1 heterocycles. The van der Waals surface area contributed by atoms with Gasteiger partial charge in [0.2, 0.25) is 0 Å². The highest BCUT2D eigenvalue weighted by Crippen LogP contribution is 2.70. The second-order valence-corrected chi connectivity index (χ2v) is 9.92. The number of esters is 1. The third-order valence-electron chi connectivity index (χ3n) is 7.47. The van der Waals surface area contributed by atoms with E-state index in [4.69, 9.17) is 9.47 Å². The molecule has 4 aliphatic rings. The van der Waals surface area contributed by atoms with Gasteiger partial charge in [-0.2, -0.15) is 0 Å². The van der Waals surface area contributed by atoms with Crippen molar-refractivity contribution >= 4 is 11.8 Å². The Balaban J connectivity index is 1.71. The number of epoxide rings is 1. The summed E-state index contributed by atoms with van der Waals surface area (Å²) < 4.78 is 12.1. The van der Waals surface area contributed by atoms with E-state index in [9.17, 15) is 9.59 Å². The second kappa shape index (κ2) is 6.04. The summed E-state index contributed by atoms with van der Waals surface area (Å²) in [4.78, 5) is 26.1. The van der Waals surface area contributed by atoms with Gasteiger partial charge < -0.3 is 9.47 Å². The van der Waals surface area contributed by atoms with E-state index in [0.717, 1.165) is 12.0 Å². The molecule has 4 rings (SSSR count). The topological polar surface area (TPSA) is 55.9 Å². The first-order chi connectivity index (χ1) is 13.0. The molecule has 2 saturated carbocycles. The molecule has 152 valence electrons. The van der Waals surface area contributed by atoms with E-state index in [-0.39, 0.29) is 35.1 Å². The van der Waals surface area contributed by atoms with Crippen molar-refractivity contribution in [2.24, 2.45) is 23.2 Å². The number of rotatable bonds is 2. The van der Waals surface area contributed by atoms with Crippen LogP contribution in [0.3, 0.4) is 0 Å². The molecule has 0 bridgehead atoms. The Hall–Kier alpha value is -1.42. The lowest BCUT2D eigenvalue weighted by Crippen LogP contribution is -2.36. The van der Waals surface area contributed by atoms with Gasteiger partial charge in [0.25, 0.3) is 0 Å². The molecule has 4 heteroatoms. The summed E-state index contributed by atoms with van der Waals surface area (Å²) in [5.41, 5.74) is 0.365. The van der Waals surface area contributed by atoms with Crippen LogP contribution in [0.15, 0.2) is 23.3 Å². The molecule has 28 heavy (non-hydrogen) atoms. The monoisotopic (exact) mass is 384 g/mol. The van der Waals surface area contributed by atoms with Crippen LogP contribution in [0.5, 0.6) is 0 Å². The predicted octanol–water partition coefficient (Wildman–Crippen LogP) is 4.40. The van der Waals surface area contributed by atoms with E-state index >= 15 is 0 Å². The van der Waals surface area contributed by atoms with Gasteiger partial charge in [0.05, 0.1) is 0 Å². The van der Waals surface area contributed by atoms with Crippen LogP contribution >= 0.6 is 0 Å². The lowest BCUT2D eigenvalue weighted by atomic mass is 9.80. The molecule has 3 fully saturated rings. The molecule has 2 radical (unpaired) electrons. The SMILES string of the molecule is C/C=C(\C)C(=O)OC1C/C(C)=C/[C@@]23[CH][C@H](C)C[C@]2(O3)C(=O)C(C)[C]2C1C2(C)C. The number of ketones is 1. The number of fused-ring (bicyclic) bond motifs is 1. The summed E-state index contributed by atoms with van der Waals surface area (Å²) in [5.74, 6) is 1.41. The van der Waals surface area contributed by atoms with E-state index in [1.165, 1.54) is 5.92 Å². The Morgan fingerprint density at radius 1 is 1.32 bits per heavy atom. The number of hydrogen-bond acceptors (Lipinski definition) is 4. The molecule has 6 atom stereocenters. The van der Waals surface area contributed by atoms with Crippen molar-refractivity contribution in [3.8, 4) is 0 Å². The van der Waals surface area contributed by atoms with Crippen LogP contribution < -0.4 is 0 Å². The second-order valence-electron chi connectivity index (χ2n) is 9.92. The first-order valence-corrected chi connectivity index (χ1v) is 10.5. The fourth-order valence-corrected chi connectivity index (χ4v) is 6.02. The Labute approximate surface area is 168 Å². The van der Waals surface area contributed by atoms with Gasteiger partial charge in [0.1, 0.15) is 11.7 Å². The van der Waals surface area contributed by atoms with Gasteiger partial charge >= 0.3 is 5.97 Å². The zero-order valence-corrected chi connectivity index (χ0v) is 18.1. The highest BCUT2D eigenvalue weighted by molar-refractivity contribution is 5.97. The van der Waals surface area contributed by atoms with Crippen LogP contribution in [0.2, 0.25) is 0 Å². The number of carbonyl (C=O) groups is 2. The van der Waals surface area contributed by atoms with Gasteiger partial charge in [-0.1, -0.05) is 45.4 Å². The van der Waals surface area contributed by atoms with Crippen molar-refractivity contribution in [3.63, 3.8) is 0 Å². The first kappa shape index (κ1) is 19.9. The maximum absolute atomic E-state index is 13.6. The number of Topliss-reactive ketones (excluding diaryl/α,β-unsaturated/α-hetero) is 1. The van der Waals surface area contributed by atoms with E-state index in [0.29, 0.717) is 17.9 Å². The molecule has 0 spiro atoms. The van der Waals surface area contributed by atoms with Gasteiger partial charge in [-0.25, -0.2) is 4.79 Å². The lowest BCUT2D eigenvalue weighted by Gasteiger charge is -2.23. The molecular formula is C24H32O4. The van der Waals surface area contributed by atoms with Crippen LogP contribution in [0.1, 0.15) is 61.3 Å². The van der Waals surface area contributed by atoms with Crippen LogP contribution in [0.25, 0.3) is 0 Å². The van der Waals surface area contributed by atoms with Crippen molar-refractivity contribution in [2.45, 2.75) is 78.6 Å². The number of carbonyl (C=O) groups excluding carboxylic acids is 2. The quantitative estimate of drug-likeness (QED) is 0.306. The van der Waals surface area contributed by atoms with E-state index in [1.807, 2.05) is 13.8 Å². The maximum atomic E-state index is 13.6. The first-order valence-electron chi connectivity index (χ1n) is 10.5. The molecule has 3 aliphatic carbocycles. The number of allylic oxidation sites excluding steroid dienone is 1. The molecule has 0 aromatic heterocycles. The van der Waals surface area contributed by atoms with Gasteiger partial charge in [-0.15, -0.1) is 0 Å². The minimum Gasteiger partial charge on any atom is -0.458 e. The summed E-state index contributed by atoms with van der Waals surface area (Å²) >= 11 is 0. The zero-order chi connectivity index (χ0) is 20.6. The van der Waals surface area contributed by atoms with Crippen LogP contribution in [-0.2, 0) is 19.1 Å². The van der Waals surface area contributed by atoms with Crippen molar-refractivity contribution in [1.82, 2.24) is 0 Å². The molecule has 0 amide bonds. The molecule has 0 aromatic carbocycles. The largest absolute Gasteiger partial charge is 0.458 e. The minimum absolute atomic E-state index is 0.105. The normalized spacial score (nSPS) is 46.6. The van der Waals surface area contributed by atoms with E-state index < -0.39 is 11.2 Å². The number of hydrogen-bond donors (Lipinski definition) is 0. The summed E-state index contributed by atoms with van der Waals surface area (Å²) in [6.07, 6.45) is 7.27. The Kier molecular flexibility index (Phi) is 4.29. The Morgan fingerprint density at radius 2 is 2.00 bits per heavy atom. The highest BCUT2D eigenvalue weighted by Gasteiger charge is 2.79. The van der Waals surface area contributed by atoms with Gasteiger partial charge in [0, 0.05) is 30.3 Å². The minimum atomic E-state index is -0.686. The molecule has 0 aromatic rings. The average molecular weight is 385 g/mol. The van der Waals surface area contributed by atoms with Crippen molar-refractivity contribution in [1.29, 1.82) is 0 Å². The van der Waals surface area contributed by atoms with E-state index in [2.05, 4.69) is 40.2 Å². The summed E-state index contributed by atoms with van der Waals surface area (Å²) in [6.45, 7) is 14.2. The predicted molar refractivity (Wildman–Crippen MR) is 107 cm³/mol. The molecule has 1 saturated heterocycles.